The summed E-state index contributed by atoms with van der Waals surface area (Å²) in [4.78, 5) is 4.52. The van der Waals surface area contributed by atoms with Gasteiger partial charge in [0.25, 0.3) is 0 Å². The average molecular weight is 230 g/mol. The van der Waals surface area contributed by atoms with Crippen LogP contribution >= 0.6 is 0 Å². The second-order valence-electron chi connectivity index (χ2n) is 5.71. The van der Waals surface area contributed by atoms with Crippen LogP contribution < -0.4 is 0 Å². The van der Waals surface area contributed by atoms with E-state index in [1.165, 1.54) is 0 Å². The molecule has 0 saturated carbocycles. The standard InChI is InChI=1S/C13H27FN2/c1-6-15(7-2)12-8-9-16(10-11(12)14)13(3,4)5/h11-12H,6-10H2,1-5H3. The average Bonchev–Trinajstić information content (AvgIpc) is 2.20. The minimum atomic E-state index is -0.701. The second-order valence-corrected chi connectivity index (χ2v) is 5.71. The fourth-order valence-electron chi connectivity index (χ4n) is 2.61. The van der Waals surface area contributed by atoms with Gasteiger partial charge in [-0.15, -0.1) is 0 Å². The van der Waals surface area contributed by atoms with Gasteiger partial charge in [0.1, 0.15) is 6.17 Å². The van der Waals surface area contributed by atoms with E-state index in [0.717, 1.165) is 26.1 Å². The highest BCUT2D eigenvalue weighted by Gasteiger charge is 2.35. The maximum Gasteiger partial charge on any atom is 0.128 e. The fraction of sp³-hybridized carbons (Fsp3) is 1.00. The third kappa shape index (κ3) is 3.17. The molecule has 1 rings (SSSR count). The molecule has 2 nitrogen and oxygen atoms in total. The highest BCUT2D eigenvalue weighted by Crippen LogP contribution is 2.24. The number of rotatable bonds is 3. The maximum absolute atomic E-state index is 14.2. The minimum absolute atomic E-state index is 0.0958. The topological polar surface area (TPSA) is 6.48 Å². The Morgan fingerprint density at radius 3 is 2.19 bits per heavy atom. The molecule has 0 radical (unpaired) electrons. The summed E-state index contributed by atoms with van der Waals surface area (Å²) in [5, 5.41) is 0. The zero-order valence-electron chi connectivity index (χ0n) is 11.5. The number of likely N-dealkylation sites (tertiary alicyclic amines) is 1. The van der Waals surface area contributed by atoms with Gasteiger partial charge in [0.05, 0.1) is 0 Å². The molecule has 1 aliphatic heterocycles. The van der Waals surface area contributed by atoms with E-state index in [4.69, 9.17) is 0 Å². The van der Waals surface area contributed by atoms with Crippen LogP contribution in [0.5, 0.6) is 0 Å². The molecule has 0 aromatic rings. The quantitative estimate of drug-likeness (QED) is 0.735. The van der Waals surface area contributed by atoms with Gasteiger partial charge in [-0.25, -0.2) is 4.39 Å². The van der Waals surface area contributed by atoms with Gasteiger partial charge in [0.2, 0.25) is 0 Å². The first-order valence-corrected chi connectivity index (χ1v) is 6.53. The normalized spacial score (nSPS) is 28.7. The zero-order valence-corrected chi connectivity index (χ0v) is 11.5. The van der Waals surface area contributed by atoms with Crippen LogP contribution in [0.15, 0.2) is 0 Å². The van der Waals surface area contributed by atoms with Crippen molar-refractivity contribution in [3.05, 3.63) is 0 Å². The molecule has 1 saturated heterocycles. The van der Waals surface area contributed by atoms with Crippen molar-refractivity contribution in [2.24, 2.45) is 0 Å². The summed E-state index contributed by atoms with van der Waals surface area (Å²) in [7, 11) is 0. The Bertz CT molecular complexity index is 208. The van der Waals surface area contributed by atoms with Gasteiger partial charge in [-0.05, 0) is 40.3 Å². The zero-order chi connectivity index (χ0) is 12.3. The third-order valence-electron chi connectivity index (χ3n) is 3.74. The summed E-state index contributed by atoms with van der Waals surface area (Å²) < 4.78 is 14.2. The Morgan fingerprint density at radius 1 is 1.25 bits per heavy atom. The van der Waals surface area contributed by atoms with Gasteiger partial charge >= 0.3 is 0 Å². The first-order chi connectivity index (χ1) is 7.40. The third-order valence-corrected chi connectivity index (χ3v) is 3.74. The largest absolute Gasteiger partial charge is 0.298 e. The molecule has 16 heavy (non-hydrogen) atoms. The highest BCUT2D eigenvalue weighted by molar-refractivity contribution is 4.91. The highest BCUT2D eigenvalue weighted by atomic mass is 19.1. The lowest BCUT2D eigenvalue weighted by atomic mass is 9.96. The molecular formula is C13H27FN2. The van der Waals surface area contributed by atoms with Crippen LogP contribution in [-0.4, -0.2) is 53.7 Å². The van der Waals surface area contributed by atoms with Crippen molar-refractivity contribution in [1.82, 2.24) is 9.80 Å². The van der Waals surface area contributed by atoms with Gasteiger partial charge in [0.15, 0.2) is 0 Å². The summed E-state index contributed by atoms with van der Waals surface area (Å²) in [5.41, 5.74) is 0.0958. The minimum Gasteiger partial charge on any atom is -0.298 e. The van der Waals surface area contributed by atoms with E-state index in [1.807, 2.05) is 0 Å². The van der Waals surface area contributed by atoms with E-state index in [0.29, 0.717) is 6.54 Å². The number of piperidine rings is 1. The second kappa shape index (κ2) is 5.46. The van der Waals surface area contributed by atoms with Gasteiger partial charge in [-0.2, -0.15) is 0 Å². The van der Waals surface area contributed by atoms with Crippen LogP contribution in [0.4, 0.5) is 4.39 Å². The first-order valence-electron chi connectivity index (χ1n) is 6.53. The van der Waals surface area contributed by atoms with Crippen LogP contribution in [0.1, 0.15) is 41.0 Å². The predicted molar refractivity (Wildman–Crippen MR) is 67.5 cm³/mol. The van der Waals surface area contributed by atoms with Crippen molar-refractivity contribution in [2.45, 2.75) is 58.8 Å². The van der Waals surface area contributed by atoms with Crippen LogP contribution in [0.2, 0.25) is 0 Å². The van der Waals surface area contributed by atoms with E-state index in [1.54, 1.807) is 0 Å². The van der Waals surface area contributed by atoms with E-state index >= 15 is 0 Å². The molecule has 0 spiro atoms. The van der Waals surface area contributed by atoms with Crippen LogP contribution in [0.25, 0.3) is 0 Å². The Labute approximate surface area is 99.8 Å². The smallest absolute Gasteiger partial charge is 0.128 e. The number of halogens is 1. The molecule has 0 aromatic carbocycles. The summed E-state index contributed by atoms with van der Waals surface area (Å²) in [6, 6.07) is 0.133. The van der Waals surface area contributed by atoms with Crippen molar-refractivity contribution in [3.63, 3.8) is 0 Å². The predicted octanol–water partition coefficient (Wildman–Crippen LogP) is 2.54. The molecular weight excluding hydrogens is 203 g/mol. The Balaban J connectivity index is 2.58. The van der Waals surface area contributed by atoms with E-state index in [-0.39, 0.29) is 11.6 Å². The van der Waals surface area contributed by atoms with Crippen molar-refractivity contribution in [2.75, 3.05) is 26.2 Å². The lowest BCUT2D eigenvalue weighted by molar-refractivity contribution is 0.00176. The van der Waals surface area contributed by atoms with Crippen LogP contribution in [0.3, 0.4) is 0 Å². The molecule has 0 bridgehead atoms. The van der Waals surface area contributed by atoms with E-state index in [2.05, 4.69) is 44.4 Å². The SMILES string of the molecule is CCN(CC)C1CCN(C(C)(C)C)CC1F. The first kappa shape index (κ1) is 13.9. The molecule has 1 aliphatic rings. The lowest BCUT2D eigenvalue weighted by Crippen LogP contribution is -2.56. The summed E-state index contributed by atoms with van der Waals surface area (Å²) in [5.74, 6) is 0. The monoisotopic (exact) mass is 230 g/mol. The molecule has 2 atom stereocenters. The molecule has 0 aromatic heterocycles. The number of nitrogens with zero attached hydrogens (tertiary/aromatic N) is 2. The van der Waals surface area contributed by atoms with Crippen molar-refractivity contribution in [3.8, 4) is 0 Å². The summed E-state index contributed by atoms with van der Waals surface area (Å²) in [6.07, 6.45) is 0.257. The molecule has 0 aliphatic carbocycles. The maximum atomic E-state index is 14.2. The van der Waals surface area contributed by atoms with Crippen LogP contribution in [-0.2, 0) is 0 Å². The Morgan fingerprint density at radius 2 is 1.81 bits per heavy atom. The molecule has 2 unspecified atom stereocenters. The van der Waals surface area contributed by atoms with Crippen molar-refractivity contribution < 1.29 is 4.39 Å². The molecule has 96 valence electrons. The molecule has 0 amide bonds. The van der Waals surface area contributed by atoms with Gasteiger partial charge in [-0.1, -0.05) is 13.8 Å². The Hall–Kier alpha value is -0.150. The number of hydrogen-bond donors (Lipinski definition) is 0. The Kier molecular flexibility index (Phi) is 4.74. The van der Waals surface area contributed by atoms with Gasteiger partial charge in [0, 0.05) is 24.7 Å². The molecule has 0 N–H and O–H groups in total. The lowest BCUT2D eigenvalue weighted by Gasteiger charge is -2.45. The van der Waals surface area contributed by atoms with Crippen molar-refractivity contribution in [1.29, 1.82) is 0 Å². The number of alkyl halides is 1. The fourth-order valence-corrected chi connectivity index (χ4v) is 2.61. The van der Waals surface area contributed by atoms with E-state index in [9.17, 15) is 4.39 Å². The summed E-state index contributed by atoms with van der Waals surface area (Å²) in [6.45, 7) is 14.2. The molecule has 3 heteroatoms. The van der Waals surface area contributed by atoms with Crippen molar-refractivity contribution >= 4 is 0 Å². The van der Waals surface area contributed by atoms with Gasteiger partial charge < -0.3 is 0 Å². The van der Waals surface area contributed by atoms with Crippen LogP contribution in [0, 0.1) is 0 Å². The van der Waals surface area contributed by atoms with Gasteiger partial charge in [-0.3, -0.25) is 9.80 Å². The molecule has 1 heterocycles. The number of hydrogen-bond acceptors (Lipinski definition) is 2. The van der Waals surface area contributed by atoms with E-state index < -0.39 is 6.17 Å². The summed E-state index contributed by atoms with van der Waals surface area (Å²) >= 11 is 0. The molecule has 1 fully saturated rings.